The molecule has 4 nitrogen and oxygen atoms in total. The highest BCUT2D eigenvalue weighted by Crippen LogP contribution is 2.49. The maximum absolute atomic E-state index is 6.67. The first-order valence-corrected chi connectivity index (χ1v) is 20.1. The minimum absolute atomic E-state index is 0.313. The third kappa shape index (κ3) is 4.75. The van der Waals surface area contributed by atoms with Gasteiger partial charge in [-0.3, -0.25) is 0 Å². The molecule has 258 valence electrons. The number of rotatable bonds is 4. The molecule has 0 fully saturated rings. The number of hydrogen-bond acceptors (Lipinski definition) is 6. The van der Waals surface area contributed by atoms with Gasteiger partial charge in [-0.25, -0.2) is 9.98 Å². The largest absolute Gasteiger partial charge is 0.455 e. The van der Waals surface area contributed by atoms with Gasteiger partial charge >= 0.3 is 0 Å². The summed E-state index contributed by atoms with van der Waals surface area (Å²) in [5.41, 5.74) is 7.31. The third-order valence-corrected chi connectivity index (χ3v) is 13.2. The lowest BCUT2D eigenvalue weighted by atomic mass is 9.94. The Morgan fingerprint density at radius 2 is 1.25 bits per heavy atom. The fourth-order valence-corrected chi connectivity index (χ4v) is 10.8. The van der Waals surface area contributed by atoms with E-state index in [-0.39, 0.29) is 6.17 Å². The van der Waals surface area contributed by atoms with Crippen molar-refractivity contribution >= 4 is 107 Å². The Labute approximate surface area is 323 Å². The molecule has 0 amide bonds. The molecule has 1 N–H and O–H groups in total. The molecule has 4 heterocycles. The molecule has 1 atom stereocenters. The fourth-order valence-electron chi connectivity index (χ4n) is 8.40. The van der Waals surface area contributed by atoms with Crippen LogP contribution in [0.15, 0.2) is 178 Å². The molecule has 8 aromatic carbocycles. The molecule has 0 bridgehead atoms. The highest BCUT2D eigenvalue weighted by Gasteiger charge is 2.26. The van der Waals surface area contributed by atoms with Crippen LogP contribution in [-0.2, 0) is 0 Å². The van der Waals surface area contributed by atoms with Gasteiger partial charge in [0.2, 0.25) is 0 Å². The summed E-state index contributed by atoms with van der Waals surface area (Å²) in [5, 5.41) is 13.4. The molecule has 12 rings (SSSR count). The number of nitrogens with one attached hydrogen (secondary N) is 1. The topological polar surface area (TPSA) is 49.9 Å². The molecule has 0 radical (unpaired) electrons. The number of nitrogens with zero attached hydrogens (tertiary/aromatic N) is 2. The zero-order valence-corrected chi connectivity index (χ0v) is 30.9. The molecule has 0 saturated carbocycles. The normalized spacial score (nSPS) is 14.7. The average Bonchev–Trinajstić information content (AvgIpc) is 3.95. The van der Waals surface area contributed by atoms with Gasteiger partial charge in [-0.15, -0.1) is 22.7 Å². The zero-order chi connectivity index (χ0) is 36.0. The molecule has 1 aliphatic heterocycles. The first-order chi connectivity index (χ1) is 27.2. The van der Waals surface area contributed by atoms with E-state index in [1.54, 1.807) is 0 Å². The molecule has 1 aliphatic rings. The van der Waals surface area contributed by atoms with Crippen LogP contribution in [0.2, 0.25) is 0 Å². The number of para-hydroxylation sites is 1. The van der Waals surface area contributed by atoms with E-state index in [1.807, 2.05) is 40.9 Å². The monoisotopic (exact) mass is 739 g/mol. The van der Waals surface area contributed by atoms with Gasteiger partial charge in [-0.1, -0.05) is 127 Å². The van der Waals surface area contributed by atoms with E-state index in [1.165, 1.54) is 56.7 Å². The Kier molecular flexibility index (Phi) is 6.70. The van der Waals surface area contributed by atoms with Gasteiger partial charge in [0.05, 0.1) is 0 Å². The predicted octanol–water partition coefficient (Wildman–Crippen LogP) is 13.6. The molecule has 0 spiro atoms. The Bertz CT molecular complexity index is 3410. The average molecular weight is 740 g/mol. The maximum atomic E-state index is 6.67. The van der Waals surface area contributed by atoms with Crippen molar-refractivity contribution in [1.82, 2.24) is 5.32 Å². The van der Waals surface area contributed by atoms with Crippen LogP contribution in [0.4, 0.5) is 0 Å². The maximum Gasteiger partial charge on any atom is 0.159 e. The molecule has 3 aromatic heterocycles. The van der Waals surface area contributed by atoms with Crippen LogP contribution in [-0.4, -0.2) is 11.7 Å². The molecule has 55 heavy (non-hydrogen) atoms. The summed E-state index contributed by atoms with van der Waals surface area (Å²) in [6.07, 6.45) is -0.313. The SMILES string of the molecule is c1ccc(C2=NC(c3ccccc3)NC(c3cc(-c4cc5c6ccccc6oc5c5c4sc4ccccc45)cc4sc5ccc6ccccc6c5c34)=N2)cc1. The summed E-state index contributed by atoms with van der Waals surface area (Å²) >= 11 is 3.68. The third-order valence-electron chi connectivity index (χ3n) is 10.9. The quantitative estimate of drug-likeness (QED) is 0.195. The van der Waals surface area contributed by atoms with Crippen molar-refractivity contribution in [3.63, 3.8) is 0 Å². The van der Waals surface area contributed by atoms with Crippen molar-refractivity contribution in [2.24, 2.45) is 9.98 Å². The first-order valence-electron chi connectivity index (χ1n) is 18.4. The summed E-state index contributed by atoms with van der Waals surface area (Å²) in [5.74, 6) is 1.52. The Balaban J connectivity index is 1.20. The molecule has 0 saturated heterocycles. The van der Waals surface area contributed by atoms with Crippen LogP contribution in [0.3, 0.4) is 0 Å². The van der Waals surface area contributed by atoms with Gasteiger partial charge in [0, 0.05) is 67.8 Å². The van der Waals surface area contributed by atoms with Crippen molar-refractivity contribution in [1.29, 1.82) is 0 Å². The van der Waals surface area contributed by atoms with E-state index in [9.17, 15) is 0 Å². The number of thiophene rings is 2. The lowest BCUT2D eigenvalue weighted by Gasteiger charge is -2.24. The van der Waals surface area contributed by atoms with E-state index in [2.05, 4.69) is 151 Å². The highest BCUT2D eigenvalue weighted by atomic mass is 32.1. The summed E-state index contributed by atoms with van der Waals surface area (Å²) in [7, 11) is 0. The van der Waals surface area contributed by atoms with Gasteiger partial charge in [0.1, 0.15) is 23.2 Å². The van der Waals surface area contributed by atoms with Crippen molar-refractivity contribution in [2.45, 2.75) is 6.17 Å². The van der Waals surface area contributed by atoms with E-state index in [0.717, 1.165) is 50.0 Å². The first kappa shape index (κ1) is 30.8. The van der Waals surface area contributed by atoms with Gasteiger partial charge in [-0.05, 0) is 58.3 Å². The Morgan fingerprint density at radius 1 is 0.509 bits per heavy atom. The van der Waals surface area contributed by atoms with Crippen molar-refractivity contribution in [2.75, 3.05) is 0 Å². The second-order valence-electron chi connectivity index (χ2n) is 14.1. The highest BCUT2D eigenvalue weighted by molar-refractivity contribution is 7.27. The second kappa shape index (κ2) is 12.0. The smallest absolute Gasteiger partial charge is 0.159 e. The van der Waals surface area contributed by atoms with Crippen LogP contribution in [0, 0.1) is 0 Å². The van der Waals surface area contributed by atoms with Crippen LogP contribution in [0.1, 0.15) is 22.9 Å². The summed E-state index contributed by atoms with van der Waals surface area (Å²) < 4.78 is 11.6. The molecule has 0 aliphatic carbocycles. The molecular weight excluding hydrogens is 711 g/mol. The van der Waals surface area contributed by atoms with Crippen LogP contribution < -0.4 is 5.32 Å². The molecular formula is C49H29N3OS2. The number of hydrogen-bond donors (Lipinski definition) is 1. The summed E-state index contributed by atoms with van der Waals surface area (Å²) in [4.78, 5) is 10.6. The lowest BCUT2D eigenvalue weighted by Crippen LogP contribution is -2.33. The number of furan rings is 1. The Morgan fingerprint density at radius 3 is 2.13 bits per heavy atom. The number of benzene rings is 8. The van der Waals surface area contributed by atoms with E-state index >= 15 is 0 Å². The van der Waals surface area contributed by atoms with E-state index in [4.69, 9.17) is 14.4 Å². The predicted molar refractivity (Wildman–Crippen MR) is 234 cm³/mol. The van der Waals surface area contributed by atoms with Crippen LogP contribution >= 0.6 is 22.7 Å². The van der Waals surface area contributed by atoms with Gasteiger partial charge in [0.15, 0.2) is 5.84 Å². The Hall–Kier alpha value is -6.60. The van der Waals surface area contributed by atoms with E-state index in [0.29, 0.717) is 5.84 Å². The van der Waals surface area contributed by atoms with Crippen molar-refractivity contribution in [3.8, 4) is 11.1 Å². The summed E-state index contributed by atoms with van der Waals surface area (Å²) in [6, 6.07) is 58.2. The van der Waals surface area contributed by atoms with Gasteiger partial charge < -0.3 is 9.73 Å². The lowest BCUT2D eigenvalue weighted by molar-refractivity contribution is 0.673. The van der Waals surface area contributed by atoms with Crippen LogP contribution in [0.25, 0.3) is 84.2 Å². The zero-order valence-electron chi connectivity index (χ0n) is 29.3. The van der Waals surface area contributed by atoms with Crippen molar-refractivity contribution < 1.29 is 4.42 Å². The summed E-state index contributed by atoms with van der Waals surface area (Å²) in [6.45, 7) is 0. The fraction of sp³-hybridized carbons (Fsp3) is 0.0204. The van der Waals surface area contributed by atoms with Crippen LogP contribution in [0.5, 0.6) is 0 Å². The molecule has 11 aromatic rings. The van der Waals surface area contributed by atoms with Gasteiger partial charge in [-0.2, -0.15) is 0 Å². The standard InChI is InChI=1S/C49H29N3OS2/c1-3-14-29(15-4-1)47-50-48(30-16-5-2-6-17-30)52-49(51-47)37-25-31(26-41-43(37)42-32-18-8-7-13-28(32)23-24-40(42)54-41)35-27-36-33-19-9-11-21-38(33)53-45(36)44-34-20-10-12-22-39(34)55-46(35)44/h1-27,47H,(H,50,51,52). The minimum atomic E-state index is -0.313. The van der Waals surface area contributed by atoms with Gasteiger partial charge in [0.25, 0.3) is 0 Å². The number of amidine groups is 2. The minimum Gasteiger partial charge on any atom is -0.455 e. The van der Waals surface area contributed by atoms with E-state index < -0.39 is 0 Å². The number of aliphatic imine (C=N–C) groups is 2. The molecule has 1 unspecified atom stereocenters. The second-order valence-corrected chi connectivity index (χ2v) is 16.2. The number of fused-ring (bicyclic) bond motifs is 12. The molecule has 6 heteroatoms. The van der Waals surface area contributed by atoms with Crippen molar-refractivity contribution in [3.05, 3.63) is 180 Å².